The van der Waals surface area contributed by atoms with Gasteiger partial charge in [0.1, 0.15) is 5.75 Å². The predicted octanol–water partition coefficient (Wildman–Crippen LogP) is 2.54. The molecule has 0 saturated heterocycles. The first kappa shape index (κ1) is 14.0. The molecule has 0 bridgehead atoms. The molecule has 0 spiro atoms. The first-order valence-electron chi connectivity index (χ1n) is 6.19. The average molecular weight is 278 g/mol. The van der Waals surface area contributed by atoms with Gasteiger partial charge in [0.2, 0.25) is 0 Å². The highest BCUT2D eigenvalue weighted by molar-refractivity contribution is 7.99. The van der Waals surface area contributed by atoms with Gasteiger partial charge < -0.3 is 14.4 Å². The van der Waals surface area contributed by atoms with E-state index < -0.39 is 0 Å². The third-order valence-corrected chi connectivity index (χ3v) is 3.61. The lowest BCUT2D eigenvalue weighted by molar-refractivity contribution is 0.277. The Morgan fingerprint density at radius 2 is 2.05 bits per heavy atom. The summed E-state index contributed by atoms with van der Waals surface area (Å²) >= 11 is 1.68. The van der Waals surface area contributed by atoms with Crippen molar-refractivity contribution in [1.29, 1.82) is 0 Å². The number of imidazole rings is 1. The van der Waals surface area contributed by atoms with Gasteiger partial charge in [0.15, 0.2) is 5.16 Å². The topological polar surface area (TPSA) is 47.3 Å². The Kier molecular flexibility index (Phi) is 4.87. The molecule has 0 atom stereocenters. The summed E-state index contributed by atoms with van der Waals surface area (Å²) in [5.41, 5.74) is 1.89. The zero-order valence-electron chi connectivity index (χ0n) is 11.2. The summed E-state index contributed by atoms with van der Waals surface area (Å²) in [4.78, 5) is 4.40. The number of thioether (sulfide) groups is 1. The number of nitrogens with zero attached hydrogens (tertiary/aromatic N) is 2. The Morgan fingerprint density at radius 1 is 1.32 bits per heavy atom. The van der Waals surface area contributed by atoms with Crippen molar-refractivity contribution in [3.05, 3.63) is 41.7 Å². The van der Waals surface area contributed by atoms with Crippen LogP contribution in [0.15, 0.2) is 35.6 Å². The van der Waals surface area contributed by atoms with Crippen molar-refractivity contribution in [2.24, 2.45) is 0 Å². The Balaban J connectivity index is 2.18. The SMILES string of the molecule is CCSc1nc(CO)cn1Cc1ccc(OC)cc1. The molecule has 5 heteroatoms. The molecule has 0 saturated carbocycles. The van der Waals surface area contributed by atoms with E-state index >= 15 is 0 Å². The van der Waals surface area contributed by atoms with E-state index in [1.54, 1.807) is 18.9 Å². The predicted molar refractivity (Wildman–Crippen MR) is 76.6 cm³/mol. The van der Waals surface area contributed by atoms with Gasteiger partial charge in [-0.15, -0.1) is 0 Å². The van der Waals surface area contributed by atoms with Crippen LogP contribution in [0.1, 0.15) is 18.2 Å². The maximum absolute atomic E-state index is 9.18. The van der Waals surface area contributed by atoms with E-state index in [4.69, 9.17) is 4.74 Å². The molecule has 1 aromatic heterocycles. The van der Waals surface area contributed by atoms with E-state index in [9.17, 15) is 5.11 Å². The number of aliphatic hydroxyl groups is 1. The molecule has 19 heavy (non-hydrogen) atoms. The minimum Gasteiger partial charge on any atom is -0.497 e. The third kappa shape index (κ3) is 3.52. The van der Waals surface area contributed by atoms with Crippen LogP contribution in [0.25, 0.3) is 0 Å². The molecule has 2 aromatic rings. The molecular formula is C14H18N2O2S. The highest BCUT2D eigenvalue weighted by Gasteiger charge is 2.08. The first-order valence-corrected chi connectivity index (χ1v) is 7.18. The second-order valence-electron chi connectivity index (χ2n) is 4.08. The fourth-order valence-corrected chi connectivity index (χ4v) is 2.54. The van der Waals surface area contributed by atoms with Crippen molar-refractivity contribution >= 4 is 11.8 Å². The van der Waals surface area contributed by atoms with E-state index in [0.717, 1.165) is 23.2 Å². The molecule has 0 unspecified atom stereocenters. The van der Waals surface area contributed by atoms with Gasteiger partial charge in [-0.1, -0.05) is 30.8 Å². The molecule has 0 amide bonds. The van der Waals surface area contributed by atoms with Gasteiger partial charge in [-0.2, -0.15) is 0 Å². The number of aromatic nitrogens is 2. The highest BCUT2D eigenvalue weighted by Crippen LogP contribution is 2.20. The van der Waals surface area contributed by atoms with Gasteiger partial charge in [0, 0.05) is 12.7 Å². The smallest absolute Gasteiger partial charge is 0.168 e. The maximum Gasteiger partial charge on any atom is 0.168 e. The van der Waals surface area contributed by atoms with Gasteiger partial charge in [0.05, 0.1) is 19.4 Å². The number of rotatable bonds is 6. The van der Waals surface area contributed by atoms with Crippen molar-refractivity contribution < 1.29 is 9.84 Å². The molecule has 0 radical (unpaired) electrons. The van der Waals surface area contributed by atoms with Crippen LogP contribution in [-0.2, 0) is 13.2 Å². The molecular weight excluding hydrogens is 260 g/mol. The Morgan fingerprint density at radius 3 is 2.63 bits per heavy atom. The fourth-order valence-electron chi connectivity index (χ4n) is 1.81. The van der Waals surface area contributed by atoms with Crippen molar-refractivity contribution in [2.45, 2.75) is 25.2 Å². The van der Waals surface area contributed by atoms with Crippen molar-refractivity contribution in [1.82, 2.24) is 9.55 Å². The largest absolute Gasteiger partial charge is 0.497 e. The lowest BCUT2D eigenvalue weighted by atomic mass is 10.2. The number of hydrogen-bond acceptors (Lipinski definition) is 4. The zero-order chi connectivity index (χ0) is 13.7. The van der Waals surface area contributed by atoms with Crippen LogP contribution in [0.4, 0.5) is 0 Å². The molecule has 1 heterocycles. The summed E-state index contributed by atoms with van der Waals surface area (Å²) in [6, 6.07) is 7.98. The Labute approximate surface area is 117 Å². The minimum absolute atomic E-state index is 0.0209. The van der Waals surface area contributed by atoms with Crippen molar-refractivity contribution in [2.75, 3.05) is 12.9 Å². The van der Waals surface area contributed by atoms with Crippen LogP contribution in [0.5, 0.6) is 5.75 Å². The van der Waals surface area contributed by atoms with Crippen molar-refractivity contribution in [3.8, 4) is 5.75 Å². The van der Waals surface area contributed by atoms with Gasteiger partial charge >= 0.3 is 0 Å². The standard InChI is InChI=1S/C14H18N2O2S/c1-3-19-14-15-12(10-17)9-16(14)8-11-4-6-13(18-2)7-5-11/h4-7,9,17H,3,8,10H2,1-2H3. The van der Waals surface area contributed by atoms with Crippen LogP contribution >= 0.6 is 11.8 Å². The van der Waals surface area contributed by atoms with Crippen LogP contribution < -0.4 is 4.74 Å². The first-order chi connectivity index (χ1) is 9.26. The minimum atomic E-state index is -0.0209. The third-order valence-electron chi connectivity index (χ3n) is 2.74. The molecule has 0 aliphatic rings. The van der Waals surface area contributed by atoms with Gasteiger partial charge in [0.25, 0.3) is 0 Å². The molecule has 1 aromatic carbocycles. The number of benzene rings is 1. The summed E-state index contributed by atoms with van der Waals surface area (Å²) in [6.45, 7) is 2.82. The van der Waals surface area contributed by atoms with Gasteiger partial charge in [-0.3, -0.25) is 0 Å². The summed E-state index contributed by atoms with van der Waals surface area (Å²) < 4.78 is 7.22. The Hall–Kier alpha value is -1.46. The van der Waals surface area contributed by atoms with E-state index in [2.05, 4.69) is 16.5 Å². The second kappa shape index (κ2) is 6.63. The average Bonchev–Trinajstić information content (AvgIpc) is 2.82. The highest BCUT2D eigenvalue weighted by atomic mass is 32.2. The molecule has 0 aliphatic heterocycles. The number of ether oxygens (including phenoxy) is 1. The normalized spacial score (nSPS) is 10.7. The van der Waals surface area contributed by atoms with Crippen LogP contribution in [0, 0.1) is 0 Å². The number of methoxy groups -OCH3 is 1. The number of hydrogen-bond donors (Lipinski definition) is 1. The van der Waals surface area contributed by atoms with Crippen LogP contribution in [0.2, 0.25) is 0 Å². The zero-order valence-corrected chi connectivity index (χ0v) is 12.0. The van der Waals surface area contributed by atoms with Crippen LogP contribution in [-0.4, -0.2) is 27.5 Å². The van der Waals surface area contributed by atoms with E-state index in [1.165, 1.54) is 5.56 Å². The number of aliphatic hydroxyl groups excluding tert-OH is 1. The van der Waals surface area contributed by atoms with E-state index in [1.807, 2.05) is 30.5 Å². The quantitative estimate of drug-likeness (QED) is 0.825. The van der Waals surface area contributed by atoms with Crippen molar-refractivity contribution in [3.63, 3.8) is 0 Å². The molecule has 1 N–H and O–H groups in total. The summed E-state index contributed by atoms with van der Waals surface area (Å²) in [5.74, 6) is 1.82. The van der Waals surface area contributed by atoms with E-state index in [0.29, 0.717) is 5.69 Å². The fraction of sp³-hybridized carbons (Fsp3) is 0.357. The van der Waals surface area contributed by atoms with Crippen LogP contribution in [0.3, 0.4) is 0 Å². The summed E-state index contributed by atoms with van der Waals surface area (Å²) in [5, 5.41) is 10.1. The monoisotopic (exact) mass is 278 g/mol. The summed E-state index contributed by atoms with van der Waals surface area (Å²) in [7, 11) is 1.66. The molecule has 2 rings (SSSR count). The van der Waals surface area contributed by atoms with E-state index in [-0.39, 0.29) is 6.61 Å². The molecule has 0 fully saturated rings. The molecule has 4 nitrogen and oxygen atoms in total. The second-order valence-corrected chi connectivity index (χ2v) is 5.31. The Bertz CT molecular complexity index is 523. The lowest BCUT2D eigenvalue weighted by Gasteiger charge is -2.07. The molecule has 0 aliphatic carbocycles. The lowest BCUT2D eigenvalue weighted by Crippen LogP contribution is -2.00. The summed E-state index contributed by atoms with van der Waals surface area (Å²) in [6.07, 6.45) is 1.90. The van der Waals surface area contributed by atoms with Gasteiger partial charge in [-0.25, -0.2) is 4.98 Å². The maximum atomic E-state index is 9.18. The molecule has 102 valence electrons. The van der Waals surface area contributed by atoms with Gasteiger partial charge in [-0.05, 0) is 23.4 Å².